The highest BCUT2D eigenvalue weighted by atomic mass is 16.5. The van der Waals surface area contributed by atoms with E-state index in [1.807, 2.05) is 54.8 Å². The lowest BCUT2D eigenvalue weighted by molar-refractivity contribution is -0.0279. The first-order valence-electron chi connectivity index (χ1n) is 8.38. The second-order valence-electron chi connectivity index (χ2n) is 6.52. The number of rotatable bonds is 2. The molecule has 1 aliphatic rings. The molecule has 3 aromatic rings. The van der Waals surface area contributed by atoms with E-state index in [0.29, 0.717) is 25.3 Å². The number of nitrogens with one attached hydrogen (secondary N) is 1. The maximum atomic E-state index is 12.9. The Bertz CT molecular complexity index is 942. The van der Waals surface area contributed by atoms with Gasteiger partial charge in [0.25, 0.3) is 5.91 Å². The molecule has 1 saturated heterocycles. The molecule has 1 N–H and O–H groups in total. The molecule has 4 rings (SSSR count). The highest BCUT2D eigenvalue weighted by Gasteiger charge is 2.28. The van der Waals surface area contributed by atoms with Crippen LogP contribution in [0.2, 0.25) is 0 Å². The van der Waals surface area contributed by atoms with E-state index in [9.17, 15) is 4.79 Å². The lowest BCUT2D eigenvalue weighted by Crippen LogP contribution is -2.42. The SMILES string of the molecule is Cc1cn(C)c([C@@H]2CN(C(=O)c3ccc4nc(C)[nH]c4c3)CCO2)n1. The van der Waals surface area contributed by atoms with E-state index in [1.165, 1.54) is 0 Å². The van der Waals surface area contributed by atoms with Crippen LogP contribution in [0.15, 0.2) is 24.4 Å². The standard InChI is InChI=1S/C18H21N5O2/c1-11-9-22(3)17(19-11)16-10-23(6-7-25-16)18(24)13-4-5-14-15(8-13)21-12(2)20-14/h4-5,8-9,16H,6-7,10H2,1-3H3,(H,20,21)/t16-/m0/s1. The first kappa shape index (κ1) is 15.8. The van der Waals surface area contributed by atoms with E-state index in [2.05, 4.69) is 15.0 Å². The molecule has 0 saturated carbocycles. The summed E-state index contributed by atoms with van der Waals surface area (Å²) in [5, 5.41) is 0. The maximum absolute atomic E-state index is 12.9. The summed E-state index contributed by atoms with van der Waals surface area (Å²) in [5.74, 6) is 1.71. The topological polar surface area (TPSA) is 76.0 Å². The largest absolute Gasteiger partial charge is 0.367 e. The molecule has 1 aromatic carbocycles. The average molecular weight is 339 g/mol. The minimum atomic E-state index is -0.200. The molecule has 1 aliphatic heterocycles. The number of carbonyl (C=O) groups is 1. The molecule has 0 aliphatic carbocycles. The van der Waals surface area contributed by atoms with E-state index in [1.54, 1.807) is 0 Å². The summed E-state index contributed by atoms with van der Waals surface area (Å²) >= 11 is 0. The average Bonchev–Trinajstić information content (AvgIpc) is 3.14. The van der Waals surface area contributed by atoms with Gasteiger partial charge in [0.05, 0.1) is 29.9 Å². The van der Waals surface area contributed by atoms with Crippen LogP contribution in [0, 0.1) is 13.8 Å². The lowest BCUT2D eigenvalue weighted by atomic mass is 10.1. The Morgan fingerprint density at radius 1 is 1.32 bits per heavy atom. The number of ether oxygens (including phenoxy) is 1. The molecule has 1 fully saturated rings. The van der Waals surface area contributed by atoms with E-state index < -0.39 is 0 Å². The summed E-state index contributed by atoms with van der Waals surface area (Å²) in [6.45, 7) is 5.45. The van der Waals surface area contributed by atoms with Gasteiger partial charge in [-0.3, -0.25) is 4.79 Å². The highest BCUT2D eigenvalue weighted by Crippen LogP contribution is 2.23. The normalized spacial score (nSPS) is 18.0. The summed E-state index contributed by atoms with van der Waals surface area (Å²) in [6.07, 6.45) is 1.77. The smallest absolute Gasteiger partial charge is 0.254 e. The number of imidazole rings is 2. The summed E-state index contributed by atoms with van der Waals surface area (Å²) in [7, 11) is 1.95. The third kappa shape index (κ3) is 2.91. The first-order valence-corrected chi connectivity index (χ1v) is 8.38. The Labute approximate surface area is 145 Å². The number of nitrogens with zero attached hydrogens (tertiary/aromatic N) is 4. The number of H-pyrrole nitrogens is 1. The van der Waals surface area contributed by atoms with Crippen molar-refractivity contribution in [3.63, 3.8) is 0 Å². The van der Waals surface area contributed by atoms with Crippen molar-refractivity contribution in [2.24, 2.45) is 7.05 Å². The van der Waals surface area contributed by atoms with Gasteiger partial charge in [0.1, 0.15) is 17.8 Å². The number of aromatic nitrogens is 4. The van der Waals surface area contributed by atoms with Gasteiger partial charge in [0, 0.05) is 25.4 Å². The monoisotopic (exact) mass is 339 g/mol. The fourth-order valence-electron chi connectivity index (χ4n) is 3.38. The molecule has 3 heterocycles. The number of amides is 1. The van der Waals surface area contributed by atoms with Gasteiger partial charge < -0.3 is 19.2 Å². The van der Waals surface area contributed by atoms with E-state index in [-0.39, 0.29) is 12.0 Å². The van der Waals surface area contributed by atoms with Gasteiger partial charge in [0.15, 0.2) is 0 Å². The van der Waals surface area contributed by atoms with E-state index in [4.69, 9.17) is 4.74 Å². The Hall–Kier alpha value is -2.67. The summed E-state index contributed by atoms with van der Waals surface area (Å²) in [4.78, 5) is 26.9. The minimum absolute atomic E-state index is 0.00776. The molecule has 1 atom stereocenters. The number of morpholine rings is 1. The van der Waals surface area contributed by atoms with Crippen LogP contribution in [0.3, 0.4) is 0 Å². The van der Waals surface area contributed by atoms with Crippen LogP contribution in [0.1, 0.15) is 33.8 Å². The predicted molar refractivity (Wildman–Crippen MR) is 93.4 cm³/mol. The van der Waals surface area contributed by atoms with E-state index in [0.717, 1.165) is 28.4 Å². The third-order valence-corrected chi connectivity index (χ3v) is 4.52. The Morgan fingerprint density at radius 3 is 2.92 bits per heavy atom. The zero-order chi connectivity index (χ0) is 17.6. The number of fused-ring (bicyclic) bond motifs is 1. The molecule has 130 valence electrons. The fraction of sp³-hybridized carbons (Fsp3) is 0.389. The van der Waals surface area contributed by atoms with Gasteiger partial charge in [-0.1, -0.05) is 0 Å². The van der Waals surface area contributed by atoms with Gasteiger partial charge in [-0.05, 0) is 32.0 Å². The Balaban J connectivity index is 1.57. The highest BCUT2D eigenvalue weighted by molar-refractivity contribution is 5.97. The number of aromatic amines is 1. The van der Waals surface area contributed by atoms with Crippen molar-refractivity contribution in [3.05, 3.63) is 47.3 Å². The molecular formula is C18H21N5O2. The molecule has 7 heteroatoms. The summed E-state index contributed by atoms with van der Waals surface area (Å²) in [5.41, 5.74) is 3.36. The van der Waals surface area contributed by atoms with Crippen molar-refractivity contribution in [1.82, 2.24) is 24.4 Å². The lowest BCUT2D eigenvalue weighted by Gasteiger charge is -2.32. The Kier molecular flexibility index (Phi) is 3.80. The quantitative estimate of drug-likeness (QED) is 0.776. The molecule has 25 heavy (non-hydrogen) atoms. The number of benzene rings is 1. The maximum Gasteiger partial charge on any atom is 0.254 e. The molecule has 0 spiro atoms. The number of hydrogen-bond donors (Lipinski definition) is 1. The minimum Gasteiger partial charge on any atom is -0.367 e. The van der Waals surface area contributed by atoms with Gasteiger partial charge in [0.2, 0.25) is 0 Å². The fourth-order valence-corrected chi connectivity index (χ4v) is 3.38. The van der Waals surface area contributed by atoms with Gasteiger partial charge in [-0.25, -0.2) is 9.97 Å². The second-order valence-corrected chi connectivity index (χ2v) is 6.52. The van der Waals surface area contributed by atoms with Gasteiger partial charge in [-0.15, -0.1) is 0 Å². The van der Waals surface area contributed by atoms with Crippen LogP contribution in [0.4, 0.5) is 0 Å². The number of carbonyl (C=O) groups excluding carboxylic acids is 1. The molecule has 0 radical (unpaired) electrons. The van der Waals surface area contributed by atoms with Crippen molar-refractivity contribution in [2.75, 3.05) is 19.7 Å². The van der Waals surface area contributed by atoms with Crippen molar-refractivity contribution >= 4 is 16.9 Å². The van der Waals surface area contributed by atoms with Crippen LogP contribution in [-0.4, -0.2) is 50.0 Å². The zero-order valence-corrected chi connectivity index (χ0v) is 14.6. The molecule has 1 amide bonds. The molecule has 0 bridgehead atoms. The van der Waals surface area contributed by atoms with Crippen molar-refractivity contribution in [2.45, 2.75) is 20.0 Å². The molecule has 0 unspecified atom stereocenters. The zero-order valence-electron chi connectivity index (χ0n) is 14.6. The van der Waals surface area contributed by atoms with E-state index >= 15 is 0 Å². The predicted octanol–water partition coefficient (Wildman–Crippen LogP) is 2.13. The van der Waals surface area contributed by atoms with Gasteiger partial charge >= 0.3 is 0 Å². The third-order valence-electron chi connectivity index (χ3n) is 4.52. The van der Waals surface area contributed by atoms with Crippen LogP contribution in [0.25, 0.3) is 11.0 Å². The summed E-state index contributed by atoms with van der Waals surface area (Å²) < 4.78 is 7.82. The molecular weight excluding hydrogens is 318 g/mol. The molecule has 2 aromatic heterocycles. The van der Waals surface area contributed by atoms with Crippen molar-refractivity contribution < 1.29 is 9.53 Å². The van der Waals surface area contributed by atoms with Crippen LogP contribution in [0.5, 0.6) is 0 Å². The van der Waals surface area contributed by atoms with Crippen molar-refractivity contribution in [3.8, 4) is 0 Å². The van der Waals surface area contributed by atoms with Crippen LogP contribution < -0.4 is 0 Å². The van der Waals surface area contributed by atoms with Crippen molar-refractivity contribution in [1.29, 1.82) is 0 Å². The Morgan fingerprint density at radius 2 is 2.16 bits per heavy atom. The number of hydrogen-bond acceptors (Lipinski definition) is 4. The van der Waals surface area contributed by atoms with Crippen LogP contribution in [-0.2, 0) is 11.8 Å². The summed E-state index contributed by atoms with van der Waals surface area (Å²) in [6, 6.07) is 5.58. The molecule has 7 nitrogen and oxygen atoms in total. The van der Waals surface area contributed by atoms with Gasteiger partial charge in [-0.2, -0.15) is 0 Å². The number of aryl methyl sites for hydroxylation is 3. The first-order chi connectivity index (χ1) is 12.0. The van der Waals surface area contributed by atoms with Crippen LogP contribution >= 0.6 is 0 Å². The second kappa shape index (κ2) is 6.00.